The number of benzene rings is 3. The van der Waals surface area contributed by atoms with Crippen molar-refractivity contribution in [3.63, 3.8) is 0 Å². The van der Waals surface area contributed by atoms with Gasteiger partial charge in [-0.3, -0.25) is 9.59 Å². The lowest BCUT2D eigenvalue weighted by Crippen LogP contribution is -2.36. The molecule has 0 aliphatic heterocycles. The summed E-state index contributed by atoms with van der Waals surface area (Å²) < 4.78 is 31.6. The van der Waals surface area contributed by atoms with E-state index in [2.05, 4.69) is 10.6 Å². The quantitative estimate of drug-likeness (QED) is 0.262. The van der Waals surface area contributed by atoms with Crippen LogP contribution in [0, 0.1) is 5.82 Å². The van der Waals surface area contributed by atoms with E-state index in [0.717, 1.165) is 11.1 Å². The van der Waals surface area contributed by atoms with Crippen molar-refractivity contribution < 1.29 is 28.2 Å². The highest BCUT2D eigenvalue weighted by Gasteiger charge is 2.23. The fourth-order valence-corrected chi connectivity index (χ4v) is 4.51. The van der Waals surface area contributed by atoms with Gasteiger partial charge in [0, 0.05) is 54.0 Å². The smallest absolute Gasteiger partial charge is 0.255 e. The van der Waals surface area contributed by atoms with E-state index >= 15 is 0 Å². The minimum atomic E-state index is -0.415. The molecule has 0 fully saturated rings. The minimum absolute atomic E-state index is 0.277. The molecule has 2 amide bonds. The number of hydrogen-bond acceptors (Lipinski definition) is 5. The molecule has 0 atom stereocenters. The number of halogens is 1. The Morgan fingerprint density at radius 1 is 0.900 bits per heavy atom. The van der Waals surface area contributed by atoms with Gasteiger partial charge < -0.3 is 29.4 Å². The topological polar surface area (TPSA) is 90.8 Å². The Morgan fingerprint density at radius 2 is 1.62 bits per heavy atom. The number of hydrogen-bond donors (Lipinski definition) is 2. The normalized spacial score (nSPS) is 11.3. The number of amides is 2. The third-order valence-electron chi connectivity index (χ3n) is 6.88. The molecule has 3 aromatic carbocycles. The van der Waals surface area contributed by atoms with Crippen LogP contribution in [0.4, 0.5) is 10.1 Å². The van der Waals surface area contributed by atoms with Gasteiger partial charge in [-0.05, 0) is 54.1 Å². The van der Waals surface area contributed by atoms with Gasteiger partial charge in [0.25, 0.3) is 11.8 Å². The maximum atomic E-state index is 14.0. The van der Waals surface area contributed by atoms with E-state index in [1.54, 1.807) is 37.6 Å². The molecule has 0 radical (unpaired) electrons. The van der Waals surface area contributed by atoms with Gasteiger partial charge >= 0.3 is 0 Å². The second kappa shape index (κ2) is 12.2. The van der Waals surface area contributed by atoms with Gasteiger partial charge in [0.05, 0.1) is 26.4 Å². The van der Waals surface area contributed by atoms with Crippen LogP contribution in [0.1, 0.15) is 40.1 Å². The maximum absolute atomic E-state index is 14.0. The number of fused-ring (bicyclic) bond motifs is 1. The third-order valence-corrected chi connectivity index (χ3v) is 6.88. The molecule has 4 rings (SSSR count). The molecule has 0 unspecified atom stereocenters. The molecule has 4 aromatic rings. The molecule has 0 saturated heterocycles. The Balaban J connectivity index is 1.43. The van der Waals surface area contributed by atoms with Crippen molar-refractivity contribution in [2.24, 2.45) is 0 Å². The Morgan fingerprint density at radius 3 is 2.30 bits per heavy atom. The van der Waals surface area contributed by atoms with Crippen LogP contribution in [0.2, 0.25) is 0 Å². The molecule has 0 bridgehead atoms. The van der Waals surface area contributed by atoms with E-state index < -0.39 is 11.2 Å². The fourth-order valence-electron chi connectivity index (χ4n) is 4.51. The average molecular weight is 548 g/mol. The molecule has 0 aliphatic carbocycles. The molecular weight excluding hydrogens is 513 g/mol. The Hall–Kier alpha value is -4.37. The second-order valence-electron chi connectivity index (χ2n) is 10.1. The lowest BCUT2D eigenvalue weighted by Gasteiger charge is -2.26. The van der Waals surface area contributed by atoms with E-state index in [4.69, 9.17) is 14.2 Å². The molecular formula is C31H34FN3O5. The predicted molar refractivity (Wildman–Crippen MR) is 153 cm³/mol. The zero-order chi connectivity index (χ0) is 28.9. The number of aromatic nitrogens is 1. The Bertz CT molecular complexity index is 1510. The van der Waals surface area contributed by atoms with Gasteiger partial charge in [-0.15, -0.1) is 0 Å². The van der Waals surface area contributed by atoms with Crippen LogP contribution in [0.3, 0.4) is 0 Å². The number of nitrogens with one attached hydrogen (secondary N) is 2. The lowest BCUT2D eigenvalue weighted by atomic mass is 9.84. The van der Waals surface area contributed by atoms with Gasteiger partial charge in [-0.25, -0.2) is 4.39 Å². The van der Waals surface area contributed by atoms with E-state index in [1.165, 1.54) is 26.4 Å². The molecule has 0 spiro atoms. The molecule has 2 N–H and O–H groups in total. The molecule has 40 heavy (non-hydrogen) atoms. The molecule has 0 aliphatic rings. The summed E-state index contributed by atoms with van der Waals surface area (Å²) in [6, 6.07) is 16.9. The largest absolute Gasteiger partial charge is 0.493 e. The first-order valence-corrected chi connectivity index (χ1v) is 12.9. The molecule has 1 aromatic heterocycles. The first kappa shape index (κ1) is 28.6. The average Bonchev–Trinajstić information content (AvgIpc) is 3.32. The fraction of sp³-hybridized carbons (Fsp3) is 0.290. The van der Waals surface area contributed by atoms with Crippen LogP contribution in [0.15, 0.2) is 66.9 Å². The molecule has 1 heterocycles. The zero-order valence-corrected chi connectivity index (χ0v) is 23.3. The number of anilines is 1. The number of methoxy groups -OCH3 is 3. The monoisotopic (exact) mass is 547 g/mol. The standard InChI is InChI=1S/C31H34FN3O5/c1-31(2,19-33-30(37)25-18-35(14-15-38-3)26-12-9-22(32)17-24(25)26)21-7-10-23(11-8-21)34-29(36)20-6-13-27(39-4)28(16-20)40-5/h6-13,16-18H,14-15,19H2,1-5H3,(H,33,37)(H,34,36). The first-order valence-electron chi connectivity index (χ1n) is 12.9. The van der Waals surface area contributed by atoms with Crippen molar-refractivity contribution in [2.75, 3.05) is 39.8 Å². The van der Waals surface area contributed by atoms with Crippen LogP contribution in [0.25, 0.3) is 10.9 Å². The summed E-state index contributed by atoms with van der Waals surface area (Å²) in [5.74, 6) is 0.0605. The number of ether oxygens (including phenoxy) is 3. The summed E-state index contributed by atoms with van der Waals surface area (Å²) in [5, 5.41) is 6.45. The SMILES string of the molecule is COCCn1cc(C(=O)NCC(C)(C)c2ccc(NC(=O)c3ccc(OC)c(OC)c3)cc2)c2cc(F)ccc21. The molecule has 0 saturated carbocycles. The number of rotatable bonds is 11. The lowest BCUT2D eigenvalue weighted by molar-refractivity contribution is 0.0946. The van der Waals surface area contributed by atoms with Crippen LogP contribution in [0.5, 0.6) is 11.5 Å². The zero-order valence-electron chi connectivity index (χ0n) is 23.3. The molecule has 9 heteroatoms. The third kappa shape index (κ3) is 6.26. The van der Waals surface area contributed by atoms with Crippen molar-refractivity contribution in [1.29, 1.82) is 0 Å². The van der Waals surface area contributed by atoms with Crippen LogP contribution < -0.4 is 20.1 Å². The van der Waals surface area contributed by atoms with Gasteiger partial charge in [0.2, 0.25) is 0 Å². The Labute approximate surface area is 233 Å². The number of carbonyl (C=O) groups is 2. The summed E-state index contributed by atoms with van der Waals surface area (Å²) in [6.45, 7) is 5.41. The van der Waals surface area contributed by atoms with E-state index in [1.807, 2.05) is 42.7 Å². The minimum Gasteiger partial charge on any atom is -0.493 e. The molecule has 8 nitrogen and oxygen atoms in total. The highest BCUT2D eigenvalue weighted by molar-refractivity contribution is 6.07. The summed E-state index contributed by atoms with van der Waals surface area (Å²) in [7, 11) is 4.67. The van der Waals surface area contributed by atoms with Crippen molar-refractivity contribution in [3.8, 4) is 11.5 Å². The molecule has 210 valence electrons. The van der Waals surface area contributed by atoms with Gasteiger partial charge in [0.15, 0.2) is 11.5 Å². The predicted octanol–water partition coefficient (Wildman–Crippen LogP) is 5.40. The van der Waals surface area contributed by atoms with E-state index in [-0.39, 0.29) is 11.8 Å². The summed E-state index contributed by atoms with van der Waals surface area (Å²) in [5.41, 5.74) is 2.82. The Kier molecular flexibility index (Phi) is 8.74. The highest BCUT2D eigenvalue weighted by Crippen LogP contribution is 2.29. The van der Waals surface area contributed by atoms with Crippen molar-refractivity contribution in [1.82, 2.24) is 9.88 Å². The second-order valence-corrected chi connectivity index (χ2v) is 10.1. The van der Waals surface area contributed by atoms with Crippen LogP contribution in [-0.4, -0.2) is 50.9 Å². The first-order chi connectivity index (χ1) is 19.2. The number of carbonyl (C=O) groups excluding carboxylic acids is 2. The van der Waals surface area contributed by atoms with Gasteiger partial charge in [-0.2, -0.15) is 0 Å². The summed E-state index contributed by atoms with van der Waals surface area (Å²) >= 11 is 0. The van der Waals surface area contributed by atoms with E-state index in [0.29, 0.717) is 53.4 Å². The van der Waals surface area contributed by atoms with Crippen LogP contribution >= 0.6 is 0 Å². The van der Waals surface area contributed by atoms with Gasteiger partial charge in [0.1, 0.15) is 5.82 Å². The van der Waals surface area contributed by atoms with E-state index in [9.17, 15) is 14.0 Å². The van der Waals surface area contributed by atoms with Gasteiger partial charge in [-0.1, -0.05) is 26.0 Å². The summed E-state index contributed by atoms with van der Waals surface area (Å²) in [6.07, 6.45) is 1.74. The van der Waals surface area contributed by atoms with Crippen molar-refractivity contribution in [3.05, 3.63) is 89.4 Å². The number of nitrogens with zero attached hydrogens (tertiary/aromatic N) is 1. The maximum Gasteiger partial charge on any atom is 0.255 e. The highest BCUT2D eigenvalue weighted by atomic mass is 19.1. The van der Waals surface area contributed by atoms with Crippen LogP contribution in [-0.2, 0) is 16.7 Å². The van der Waals surface area contributed by atoms with Crippen molar-refractivity contribution >= 4 is 28.4 Å². The van der Waals surface area contributed by atoms with Crippen molar-refractivity contribution in [2.45, 2.75) is 25.8 Å². The summed E-state index contributed by atoms with van der Waals surface area (Å²) in [4.78, 5) is 26.0.